The first kappa shape index (κ1) is 23.8. The highest BCUT2D eigenvalue weighted by Crippen LogP contribution is 2.44. The van der Waals surface area contributed by atoms with E-state index in [9.17, 15) is 9.59 Å². The smallest absolute Gasteiger partial charge is 0.316 e. The van der Waals surface area contributed by atoms with Gasteiger partial charge in [0.25, 0.3) is 5.91 Å². The Hall–Kier alpha value is -2.89. The van der Waals surface area contributed by atoms with Crippen LogP contribution in [0.1, 0.15) is 67.6 Å². The number of carbonyl (C=O) groups excluding carboxylic acids is 2. The molecular weight excluding hydrogens is 404 g/mol. The molecule has 2 heterocycles. The number of nitrogens with zero attached hydrogens (tertiary/aromatic N) is 1. The molecule has 0 bridgehead atoms. The van der Waals surface area contributed by atoms with Crippen LogP contribution >= 0.6 is 0 Å². The Morgan fingerprint density at radius 3 is 2.31 bits per heavy atom. The molecule has 172 valence electrons. The number of carbonyl (C=O) groups is 2. The number of benzene rings is 1. The lowest BCUT2D eigenvalue weighted by molar-refractivity contribution is -0.143. The minimum absolute atomic E-state index is 0.224. The van der Waals surface area contributed by atoms with E-state index in [2.05, 4.69) is 10.3 Å². The quantitative estimate of drug-likeness (QED) is 0.520. The van der Waals surface area contributed by atoms with Crippen LogP contribution in [0.4, 0.5) is 5.82 Å². The molecule has 0 spiro atoms. The third-order valence-corrected chi connectivity index (χ3v) is 6.12. The third kappa shape index (κ3) is 4.50. The van der Waals surface area contributed by atoms with Gasteiger partial charge in [-0.05, 0) is 103 Å². The molecule has 32 heavy (non-hydrogen) atoms. The SMILES string of the molecule is Cc1cc(C)nc(NC(=O)C2(C)CCc3c(C)c(OC(=O)C(C)(C)C)c(C)c(C)c3O2)c1. The van der Waals surface area contributed by atoms with Gasteiger partial charge in [-0.15, -0.1) is 0 Å². The fourth-order valence-corrected chi connectivity index (χ4v) is 3.95. The number of esters is 1. The molecular formula is C26H34N2O4. The van der Waals surface area contributed by atoms with Gasteiger partial charge in [-0.3, -0.25) is 9.59 Å². The van der Waals surface area contributed by atoms with Gasteiger partial charge < -0.3 is 14.8 Å². The minimum Gasteiger partial charge on any atom is -0.477 e. The molecule has 1 N–H and O–H groups in total. The second-order valence-electron chi connectivity index (χ2n) is 10.1. The van der Waals surface area contributed by atoms with Crippen molar-refractivity contribution in [2.75, 3.05) is 5.32 Å². The summed E-state index contributed by atoms with van der Waals surface area (Å²) in [4.78, 5) is 30.1. The molecule has 3 rings (SSSR count). The van der Waals surface area contributed by atoms with Gasteiger partial charge in [-0.2, -0.15) is 0 Å². The summed E-state index contributed by atoms with van der Waals surface area (Å²) >= 11 is 0. The van der Waals surface area contributed by atoms with Crippen LogP contribution in [0.3, 0.4) is 0 Å². The summed E-state index contributed by atoms with van der Waals surface area (Å²) in [6, 6.07) is 3.81. The fraction of sp³-hybridized carbons (Fsp3) is 0.500. The fourth-order valence-electron chi connectivity index (χ4n) is 3.95. The van der Waals surface area contributed by atoms with Crippen LogP contribution < -0.4 is 14.8 Å². The molecule has 0 saturated heterocycles. The van der Waals surface area contributed by atoms with Gasteiger partial charge in [0.05, 0.1) is 5.41 Å². The lowest BCUT2D eigenvalue weighted by atomic mass is 9.86. The summed E-state index contributed by atoms with van der Waals surface area (Å²) in [5.41, 5.74) is 3.85. The second-order valence-corrected chi connectivity index (χ2v) is 10.1. The first-order valence-electron chi connectivity index (χ1n) is 11.0. The molecule has 0 aliphatic carbocycles. The molecule has 0 fully saturated rings. The van der Waals surface area contributed by atoms with Crippen molar-refractivity contribution < 1.29 is 19.1 Å². The van der Waals surface area contributed by atoms with Gasteiger partial charge in [0, 0.05) is 17.7 Å². The van der Waals surface area contributed by atoms with Gasteiger partial charge in [-0.25, -0.2) is 4.98 Å². The van der Waals surface area contributed by atoms with Crippen molar-refractivity contribution in [2.45, 2.75) is 80.8 Å². The standard InChI is InChI=1S/C26H34N2O4/c1-14-12-15(2)27-20(13-14)28-23(29)26(9)11-10-19-18(5)21(31-24(30)25(6,7)8)16(3)17(4)22(19)32-26/h12-13H,10-11H2,1-9H3,(H,27,28,29). The zero-order chi connectivity index (χ0) is 24.0. The van der Waals surface area contributed by atoms with Gasteiger partial charge in [0.15, 0.2) is 5.60 Å². The van der Waals surface area contributed by atoms with E-state index >= 15 is 0 Å². The maximum atomic E-state index is 13.2. The highest BCUT2D eigenvalue weighted by molar-refractivity contribution is 5.97. The van der Waals surface area contributed by atoms with E-state index in [4.69, 9.17) is 9.47 Å². The Morgan fingerprint density at radius 1 is 1.06 bits per heavy atom. The van der Waals surface area contributed by atoms with Gasteiger partial charge >= 0.3 is 5.97 Å². The average Bonchev–Trinajstić information content (AvgIpc) is 2.67. The lowest BCUT2D eigenvalue weighted by Crippen LogP contribution is -2.48. The number of hydrogen-bond acceptors (Lipinski definition) is 5. The largest absolute Gasteiger partial charge is 0.477 e. The van der Waals surface area contributed by atoms with Crippen molar-refractivity contribution in [3.63, 3.8) is 0 Å². The van der Waals surface area contributed by atoms with Crippen LogP contribution in [-0.4, -0.2) is 22.5 Å². The average molecular weight is 439 g/mol. The van der Waals surface area contributed by atoms with E-state index in [1.165, 1.54) is 0 Å². The van der Waals surface area contributed by atoms with E-state index in [0.29, 0.717) is 30.2 Å². The van der Waals surface area contributed by atoms with Crippen LogP contribution in [0.25, 0.3) is 0 Å². The number of rotatable bonds is 3. The Bertz CT molecular complexity index is 1080. The van der Waals surface area contributed by atoms with Crippen LogP contribution in [0.15, 0.2) is 12.1 Å². The maximum Gasteiger partial charge on any atom is 0.316 e. The summed E-state index contributed by atoms with van der Waals surface area (Å²) < 4.78 is 12.2. The highest BCUT2D eigenvalue weighted by Gasteiger charge is 2.41. The number of amides is 1. The molecule has 1 aromatic heterocycles. The summed E-state index contributed by atoms with van der Waals surface area (Å²) in [5, 5.41) is 2.92. The number of aromatic nitrogens is 1. The van der Waals surface area contributed by atoms with Gasteiger partial charge in [-0.1, -0.05) is 0 Å². The van der Waals surface area contributed by atoms with Crippen molar-refractivity contribution in [1.29, 1.82) is 0 Å². The molecule has 1 unspecified atom stereocenters. The van der Waals surface area contributed by atoms with Crippen LogP contribution in [0.5, 0.6) is 11.5 Å². The molecule has 1 aliphatic rings. The molecule has 2 aromatic rings. The molecule has 1 aliphatic heterocycles. The highest BCUT2D eigenvalue weighted by atomic mass is 16.5. The molecule has 0 saturated carbocycles. The first-order valence-corrected chi connectivity index (χ1v) is 11.0. The number of pyridine rings is 1. The van der Waals surface area contributed by atoms with Crippen molar-refractivity contribution >= 4 is 17.7 Å². The normalized spacial score (nSPS) is 17.9. The minimum atomic E-state index is -1.03. The summed E-state index contributed by atoms with van der Waals surface area (Å²) in [7, 11) is 0. The van der Waals surface area contributed by atoms with E-state index in [1.54, 1.807) is 0 Å². The Kier molecular flexibility index (Phi) is 6.11. The second kappa shape index (κ2) is 8.23. The zero-order valence-electron chi connectivity index (χ0n) is 20.6. The number of hydrogen-bond donors (Lipinski definition) is 1. The monoisotopic (exact) mass is 438 g/mol. The van der Waals surface area contributed by atoms with Crippen LogP contribution in [0, 0.1) is 40.0 Å². The Balaban J connectivity index is 1.92. The molecule has 6 nitrogen and oxygen atoms in total. The summed E-state index contributed by atoms with van der Waals surface area (Å²) in [6.07, 6.45) is 1.15. The number of fused-ring (bicyclic) bond motifs is 1. The maximum absolute atomic E-state index is 13.2. The van der Waals surface area contributed by atoms with E-state index in [1.807, 2.05) is 74.4 Å². The van der Waals surface area contributed by atoms with Crippen LogP contribution in [0.2, 0.25) is 0 Å². The van der Waals surface area contributed by atoms with E-state index in [-0.39, 0.29) is 11.9 Å². The summed E-state index contributed by atoms with van der Waals surface area (Å²) in [5.74, 6) is 1.32. The number of aryl methyl sites for hydroxylation is 2. The van der Waals surface area contributed by atoms with E-state index < -0.39 is 11.0 Å². The molecule has 1 aromatic carbocycles. The third-order valence-electron chi connectivity index (χ3n) is 6.12. The predicted octanol–water partition coefficient (Wildman–Crippen LogP) is 5.30. The lowest BCUT2D eigenvalue weighted by Gasteiger charge is -2.37. The Morgan fingerprint density at radius 2 is 1.72 bits per heavy atom. The van der Waals surface area contributed by atoms with Crippen molar-refractivity contribution in [2.24, 2.45) is 5.41 Å². The topological polar surface area (TPSA) is 77.5 Å². The van der Waals surface area contributed by atoms with Crippen LogP contribution in [-0.2, 0) is 16.0 Å². The van der Waals surface area contributed by atoms with Gasteiger partial charge in [0.2, 0.25) is 0 Å². The number of ether oxygens (including phenoxy) is 2. The van der Waals surface area contributed by atoms with Gasteiger partial charge in [0.1, 0.15) is 17.3 Å². The van der Waals surface area contributed by atoms with Crippen molar-refractivity contribution in [1.82, 2.24) is 4.98 Å². The number of nitrogens with one attached hydrogen (secondary N) is 1. The van der Waals surface area contributed by atoms with E-state index in [0.717, 1.165) is 33.5 Å². The predicted molar refractivity (Wildman–Crippen MR) is 125 cm³/mol. The van der Waals surface area contributed by atoms with Crippen molar-refractivity contribution in [3.05, 3.63) is 45.6 Å². The molecule has 1 amide bonds. The zero-order valence-corrected chi connectivity index (χ0v) is 20.6. The first-order chi connectivity index (χ1) is 14.7. The Labute approximate surface area is 190 Å². The number of anilines is 1. The molecule has 6 heteroatoms. The molecule has 1 atom stereocenters. The molecule has 0 radical (unpaired) electrons. The van der Waals surface area contributed by atoms with Crippen molar-refractivity contribution in [3.8, 4) is 11.5 Å². The summed E-state index contributed by atoms with van der Waals surface area (Å²) in [6.45, 7) is 17.0.